The highest BCUT2D eigenvalue weighted by Crippen LogP contribution is 2.45. The SMILES string of the molecule is COC(=O)[C@@H]1N[C@H](c2ccccc2N=[N+]=[N-])[C@@H]2C(=O)N(C)C(=O)[C@@H]21. The van der Waals surface area contributed by atoms with Gasteiger partial charge < -0.3 is 4.74 Å². The summed E-state index contributed by atoms with van der Waals surface area (Å²) in [6, 6.07) is 5.20. The molecule has 0 aromatic heterocycles. The maximum Gasteiger partial charge on any atom is 0.323 e. The molecule has 1 aromatic carbocycles. The van der Waals surface area contributed by atoms with E-state index in [2.05, 4.69) is 15.3 Å². The van der Waals surface area contributed by atoms with E-state index in [9.17, 15) is 14.4 Å². The van der Waals surface area contributed by atoms with Crippen LogP contribution in [0.25, 0.3) is 10.4 Å². The molecule has 2 heterocycles. The Morgan fingerprint density at radius 2 is 1.96 bits per heavy atom. The summed E-state index contributed by atoms with van der Waals surface area (Å²) in [6.45, 7) is 0. The lowest BCUT2D eigenvalue weighted by molar-refractivity contribution is -0.147. The number of nitrogens with one attached hydrogen (secondary N) is 1. The van der Waals surface area contributed by atoms with E-state index in [0.717, 1.165) is 4.90 Å². The monoisotopic (exact) mass is 329 g/mol. The number of fused-ring (bicyclic) bond motifs is 1. The van der Waals surface area contributed by atoms with Crippen LogP contribution in [0.2, 0.25) is 0 Å². The summed E-state index contributed by atoms with van der Waals surface area (Å²) in [5.74, 6) is -2.98. The highest BCUT2D eigenvalue weighted by molar-refractivity contribution is 6.08. The number of amides is 2. The highest BCUT2D eigenvalue weighted by atomic mass is 16.5. The van der Waals surface area contributed by atoms with E-state index in [1.807, 2.05) is 0 Å². The van der Waals surface area contributed by atoms with Crippen LogP contribution in [0.1, 0.15) is 11.6 Å². The topological polar surface area (TPSA) is 124 Å². The maximum absolute atomic E-state index is 12.5. The quantitative estimate of drug-likeness (QED) is 0.292. The third kappa shape index (κ3) is 2.22. The van der Waals surface area contributed by atoms with Crippen LogP contribution in [0.3, 0.4) is 0 Å². The molecule has 2 amide bonds. The van der Waals surface area contributed by atoms with Crippen LogP contribution in [0.4, 0.5) is 5.69 Å². The Labute approximate surface area is 137 Å². The second-order valence-corrected chi connectivity index (χ2v) is 5.68. The van der Waals surface area contributed by atoms with Crippen LogP contribution in [0, 0.1) is 11.8 Å². The molecule has 3 rings (SSSR count). The Morgan fingerprint density at radius 1 is 1.29 bits per heavy atom. The van der Waals surface area contributed by atoms with E-state index >= 15 is 0 Å². The van der Waals surface area contributed by atoms with Crippen molar-refractivity contribution in [1.29, 1.82) is 0 Å². The second kappa shape index (κ2) is 5.95. The summed E-state index contributed by atoms with van der Waals surface area (Å²) in [7, 11) is 2.62. The number of nitrogens with zero attached hydrogens (tertiary/aromatic N) is 4. The van der Waals surface area contributed by atoms with Gasteiger partial charge in [0.25, 0.3) is 0 Å². The summed E-state index contributed by atoms with van der Waals surface area (Å²) in [5, 5.41) is 6.65. The summed E-state index contributed by atoms with van der Waals surface area (Å²) in [5.41, 5.74) is 9.63. The number of ether oxygens (including phenoxy) is 1. The standard InChI is InChI=1S/C15H15N5O4/c1-20-13(21)9-10(14(20)22)12(15(23)24-2)17-11(9)7-5-3-4-6-8(7)18-19-16/h3-6,9-12,17H,1-2H3/t9-,10+,11-,12-/m1/s1. The predicted molar refractivity (Wildman–Crippen MR) is 81.7 cm³/mol. The molecule has 24 heavy (non-hydrogen) atoms. The van der Waals surface area contributed by atoms with Crippen LogP contribution in [0.5, 0.6) is 0 Å². The van der Waals surface area contributed by atoms with Gasteiger partial charge in [0.15, 0.2) is 0 Å². The Hall–Kier alpha value is -2.90. The van der Waals surface area contributed by atoms with Gasteiger partial charge in [0.1, 0.15) is 6.04 Å². The fraction of sp³-hybridized carbons (Fsp3) is 0.400. The molecule has 0 unspecified atom stereocenters. The van der Waals surface area contributed by atoms with Gasteiger partial charge in [-0.1, -0.05) is 29.4 Å². The Morgan fingerprint density at radius 3 is 2.62 bits per heavy atom. The molecule has 2 saturated heterocycles. The summed E-state index contributed by atoms with van der Waals surface area (Å²) in [4.78, 5) is 40.8. The van der Waals surface area contributed by atoms with Gasteiger partial charge in [0.2, 0.25) is 11.8 Å². The van der Waals surface area contributed by atoms with Crippen molar-refractivity contribution >= 4 is 23.5 Å². The van der Waals surface area contributed by atoms with E-state index < -0.39 is 35.8 Å². The van der Waals surface area contributed by atoms with Crippen molar-refractivity contribution in [1.82, 2.24) is 10.2 Å². The lowest BCUT2D eigenvalue weighted by Crippen LogP contribution is -2.42. The number of methoxy groups -OCH3 is 1. The van der Waals surface area contributed by atoms with E-state index in [4.69, 9.17) is 10.3 Å². The molecule has 2 fully saturated rings. The maximum atomic E-state index is 12.5. The fourth-order valence-corrected chi connectivity index (χ4v) is 3.48. The number of azide groups is 1. The van der Waals surface area contributed by atoms with E-state index in [1.54, 1.807) is 24.3 Å². The molecule has 0 spiro atoms. The molecule has 0 radical (unpaired) electrons. The van der Waals surface area contributed by atoms with Crippen molar-refractivity contribution in [3.8, 4) is 0 Å². The van der Waals surface area contributed by atoms with Crippen molar-refractivity contribution in [2.24, 2.45) is 17.0 Å². The van der Waals surface area contributed by atoms with Crippen LogP contribution >= 0.6 is 0 Å². The molecular formula is C15H15N5O4. The molecule has 1 N–H and O–H groups in total. The Balaban J connectivity index is 2.09. The largest absolute Gasteiger partial charge is 0.468 e. The normalized spacial score (nSPS) is 28.5. The first-order valence-corrected chi connectivity index (χ1v) is 7.30. The van der Waals surface area contributed by atoms with Crippen LogP contribution in [-0.2, 0) is 19.1 Å². The lowest BCUT2D eigenvalue weighted by Gasteiger charge is -2.20. The van der Waals surface area contributed by atoms with Crippen molar-refractivity contribution in [2.45, 2.75) is 12.1 Å². The third-order valence-electron chi connectivity index (χ3n) is 4.58. The molecule has 9 nitrogen and oxygen atoms in total. The highest BCUT2D eigenvalue weighted by Gasteiger charge is 2.60. The van der Waals surface area contributed by atoms with Gasteiger partial charge in [-0.15, -0.1) is 0 Å². The zero-order chi connectivity index (χ0) is 17.4. The minimum Gasteiger partial charge on any atom is -0.468 e. The molecular weight excluding hydrogens is 314 g/mol. The van der Waals surface area contributed by atoms with Crippen molar-refractivity contribution in [3.05, 3.63) is 40.3 Å². The first-order chi connectivity index (χ1) is 11.5. The molecule has 124 valence electrons. The van der Waals surface area contributed by atoms with Gasteiger partial charge in [-0.2, -0.15) is 0 Å². The van der Waals surface area contributed by atoms with Crippen molar-refractivity contribution < 1.29 is 19.1 Å². The number of rotatable bonds is 3. The van der Waals surface area contributed by atoms with E-state index in [1.165, 1.54) is 14.2 Å². The molecule has 1 aromatic rings. The summed E-state index contributed by atoms with van der Waals surface area (Å²) in [6.07, 6.45) is 0. The number of esters is 1. The Bertz CT molecular complexity index is 773. The molecule has 4 atom stereocenters. The van der Waals surface area contributed by atoms with Crippen LogP contribution in [0.15, 0.2) is 29.4 Å². The average Bonchev–Trinajstić information content (AvgIpc) is 3.08. The zero-order valence-electron chi connectivity index (χ0n) is 13.0. The number of benzene rings is 1. The number of carbonyl (C=O) groups is 3. The molecule has 2 aliphatic rings. The Kier molecular flexibility index (Phi) is 3.96. The fourth-order valence-electron chi connectivity index (χ4n) is 3.48. The van der Waals surface area contributed by atoms with Gasteiger partial charge in [0, 0.05) is 23.7 Å². The summed E-state index contributed by atoms with van der Waals surface area (Å²) >= 11 is 0. The van der Waals surface area contributed by atoms with Gasteiger partial charge >= 0.3 is 5.97 Å². The lowest BCUT2D eigenvalue weighted by atomic mass is 9.86. The number of imide groups is 1. The predicted octanol–water partition coefficient (Wildman–Crippen LogP) is 1.05. The molecule has 9 heteroatoms. The minimum atomic E-state index is -0.925. The van der Waals surface area contributed by atoms with Gasteiger partial charge in [-0.25, -0.2) is 0 Å². The average molecular weight is 329 g/mol. The van der Waals surface area contributed by atoms with Gasteiger partial charge in [-0.05, 0) is 11.1 Å². The van der Waals surface area contributed by atoms with Crippen molar-refractivity contribution in [3.63, 3.8) is 0 Å². The number of hydrogen-bond donors (Lipinski definition) is 1. The van der Waals surface area contributed by atoms with Crippen LogP contribution < -0.4 is 5.32 Å². The molecule has 0 bridgehead atoms. The number of likely N-dealkylation sites (tertiary alicyclic amines) is 1. The van der Waals surface area contributed by atoms with Crippen LogP contribution in [-0.4, -0.2) is 42.9 Å². The van der Waals surface area contributed by atoms with Crippen molar-refractivity contribution in [2.75, 3.05) is 14.2 Å². The van der Waals surface area contributed by atoms with E-state index in [-0.39, 0.29) is 5.91 Å². The van der Waals surface area contributed by atoms with E-state index in [0.29, 0.717) is 11.3 Å². The third-order valence-corrected chi connectivity index (χ3v) is 4.58. The second-order valence-electron chi connectivity index (χ2n) is 5.68. The zero-order valence-corrected chi connectivity index (χ0v) is 13.0. The minimum absolute atomic E-state index is 0.344. The first-order valence-electron chi connectivity index (χ1n) is 7.30. The molecule has 0 saturated carbocycles. The smallest absolute Gasteiger partial charge is 0.323 e. The summed E-state index contributed by atoms with van der Waals surface area (Å²) < 4.78 is 4.76. The molecule has 0 aliphatic carbocycles. The van der Waals surface area contributed by atoms with Gasteiger partial charge in [-0.3, -0.25) is 24.6 Å². The number of carbonyl (C=O) groups excluding carboxylic acids is 3. The van der Waals surface area contributed by atoms with Gasteiger partial charge in [0.05, 0.1) is 18.9 Å². The molecule has 2 aliphatic heterocycles. The number of hydrogen-bond acceptors (Lipinski definition) is 6. The first kappa shape index (κ1) is 16.0.